The molecule has 0 aliphatic heterocycles. The molecule has 1 N–H and O–H groups in total. The van der Waals surface area contributed by atoms with Gasteiger partial charge >= 0.3 is 5.51 Å². The number of amides is 1. The van der Waals surface area contributed by atoms with Crippen LogP contribution in [-0.4, -0.2) is 32.1 Å². The Morgan fingerprint density at radius 3 is 2.41 bits per heavy atom. The Balaban J connectivity index is 1.91. The van der Waals surface area contributed by atoms with Crippen LogP contribution in [0.25, 0.3) is 11.3 Å². The van der Waals surface area contributed by atoms with Crippen molar-refractivity contribution in [1.29, 1.82) is 0 Å². The van der Waals surface area contributed by atoms with Crippen molar-refractivity contribution >= 4 is 21.4 Å². The molecule has 0 bridgehead atoms. The number of benzene rings is 2. The number of methoxy groups -OCH3 is 1. The average Bonchev–Trinajstić information content (AvgIpc) is 3.18. The fourth-order valence-corrected chi connectivity index (χ4v) is 3.18. The van der Waals surface area contributed by atoms with Gasteiger partial charge in [0.25, 0.3) is 15.7 Å². The average molecular weight is 426 g/mol. The van der Waals surface area contributed by atoms with E-state index in [1.807, 2.05) is 0 Å². The van der Waals surface area contributed by atoms with E-state index in [0.29, 0.717) is 17.4 Å². The maximum absolute atomic E-state index is 12.8. The van der Waals surface area contributed by atoms with E-state index in [1.165, 1.54) is 13.2 Å². The molecule has 1 amide bonds. The van der Waals surface area contributed by atoms with Gasteiger partial charge in [-0.2, -0.15) is 13.2 Å². The minimum atomic E-state index is -5.60. The number of hydrogen-bond donors (Lipinski definition) is 1. The van der Waals surface area contributed by atoms with Crippen LogP contribution in [-0.2, 0) is 9.84 Å². The summed E-state index contributed by atoms with van der Waals surface area (Å²) in [6.45, 7) is 0. The third-order valence-electron chi connectivity index (χ3n) is 3.84. The molecule has 3 rings (SSSR count). The van der Waals surface area contributed by atoms with Gasteiger partial charge in [0, 0.05) is 11.6 Å². The first-order valence-corrected chi connectivity index (χ1v) is 9.44. The Bertz CT molecular complexity index is 1140. The lowest BCUT2D eigenvalue weighted by molar-refractivity contribution is -0.0436. The van der Waals surface area contributed by atoms with Gasteiger partial charge < -0.3 is 14.6 Å². The minimum Gasteiger partial charge on any atom is -0.495 e. The molecular weight excluding hydrogens is 413 g/mol. The topological polar surface area (TPSA) is 98.5 Å². The highest BCUT2D eigenvalue weighted by Crippen LogP contribution is 2.35. The Morgan fingerprint density at radius 2 is 1.79 bits per heavy atom. The first-order valence-electron chi connectivity index (χ1n) is 7.96. The second-order valence-electron chi connectivity index (χ2n) is 5.71. The summed E-state index contributed by atoms with van der Waals surface area (Å²) in [5.41, 5.74) is -5.25. The first-order chi connectivity index (χ1) is 13.6. The quantitative estimate of drug-likeness (QED) is 0.665. The van der Waals surface area contributed by atoms with E-state index >= 15 is 0 Å². The predicted molar refractivity (Wildman–Crippen MR) is 96.1 cm³/mol. The van der Waals surface area contributed by atoms with Crippen LogP contribution in [0.4, 0.5) is 18.9 Å². The molecule has 1 heterocycles. The van der Waals surface area contributed by atoms with Gasteiger partial charge in [-0.25, -0.2) is 8.42 Å². The number of halogens is 3. The van der Waals surface area contributed by atoms with Crippen molar-refractivity contribution in [3.63, 3.8) is 0 Å². The molecule has 0 aliphatic rings. The van der Waals surface area contributed by atoms with Gasteiger partial charge in [-0.05, 0) is 18.2 Å². The molecule has 152 valence electrons. The van der Waals surface area contributed by atoms with Crippen molar-refractivity contribution in [3.8, 4) is 17.1 Å². The number of nitrogens with zero attached hydrogens (tertiary/aromatic N) is 1. The largest absolute Gasteiger partial charge is 0.501 e. The molecule has 0 saturated heterocycles. The highest BCUT2D eigenvalue weighted by atomic mass is 32.2. The van der Waals surface area contributed by atoms with Gasteiger partial charge in [-0.15, -0.1) is 0 Å². The summed E-state index contributed by atoms with van der Waals surface area (Å²) in [7, 11) is -4.38. The summed E-state index contributed by atoms with van der Waals surface area (Å²) < 4.78 is 71.7. The molecular formula is C18H13F3N2O5S. The van der Waals surface area contributed by atoms with E-state index in [9.17, 15) is 26.4 Å². The maximum atomic E-state index is 12.8. The normalized spacial score (nSPS) is 11.9. The number of carbonyl (C=O) groups excluding carboxylic acids is 1. The lowest BCUT2D eigenvalue weighted by atomic mass is 10.1. The Morgan fingerprint density at radius 1 is 1.10 bits per heavy atom. The number of hydrogen-bond acceptors (Lipinski definition) is 6. The van der Waals surface area contributed by atoms with Crippen LogP contribution in [0.2, 0.25) is 0 Å². The zero-order valence-corrected chi connectivity index (χ0v) is 15.5. The molecule has 0 aliphatic carbocycles. The first kappa shape index (κ1) is 20.4. The van der Waals surface area contributed by atoms with Crippen LogP contribution in [0.15, 0.2) is 64.0 Å². The highest BCUT2D eigenvalue weighted by Gasteiger charge is 2.47. The molecule has 11 heteroatoms. The van der Waals surface area contributed by atoms with Gasteiger partial charge in [0.1, 0.15) is 5.75 Å². The zero-order chi connectivity index (χ0) is 21.2. The maximum Gasteiger partial charge on any atom is 0.501 e. The lowest BCUT2D eigenvalue weighted by Crippen LogP contribution is -2.23. The summed E-state index contributed by atoms with van der Waals surface area (Å²) >= 11 is 0. The molecule has 0 saturated carbocycles. The molecule has 7 nitrogen and oxygen atoms in total. The Kier molecular flexibility index (Phi) is 5.33. The van der Waals surface area contributed by atoms with Crippen molar-refractivity contribution in [2.24, 2.45) is 0 Å². The molecule has 3 aromatic rings. The van der Waals surface area contributed by atoms with Crippen LogP contribution in [0.5, 0.6) is 5.75 Å². The van der Waals surface area contributed by atoms with Gasteiger partial charge in [0.05, 0.1) is 17.7 Å². The Hall–Kier alpha value is -3.34. The van der Waals surface area contributed by atoms with Crippen LogP contribution in [0.3, 0.4) is 0 Å². The second kappa shape index (κ2) is 7.59. The molecule has 2 aromatic carbocycles. The number of carbonyl (C=O) groups is 1. The number of nitrogens with one attached hydrogen (secondary N) is 1. The third kappa shape index (κ3) is 4.09. The van der Waals surface area contributed by atoms with Gasteiger partial charge in [0.2, 0.25) is 0 Å². The second-order valence-corrected chi connectivity index (χ2v) is 7.65. The number of ether oxygens (including phenoxy) is 1. The highest BCUT2D eigenvalue weighted by molar-refractivity contribution is 7.92. The van der Waals surface area contributed by atoms with Gasteiger partial charge in [-0.1, -0.05) is 35.5 Å². The molecule has 0 fully saturated rings. The molecule has 0 atom stereocenters. The standard InChI is InChI=1S/C18H13F3N2O5S/c1-27-15-8-7-12(29(25,26)18(19,20)21)9-13(15)22-17(24)14-10-16(28-23-14)11-5-3-2-4-6-11/h2-10H,1H3,(H,22,24). The molecule has 1 aromatic heterocycles. The summed E-state index contributed by atoms with van der Waals surface area (Å²) in [6.07, 6.45) is 0. The van der Waals surface area contributed by atoms with E-state index in [-0.39, 0.29) is 17.1 Å². The van der Waals surface area contributed by atoms with Crippen molar-refractivity contribution in [2.45, 2.75) is 10.4 Å². The summed E-state index contributed by atoms with van der Waals surface area (Å²) in [5.74, 6) is -0.557. The van der Waals surface area contributed by atoms with Crippen molar-refractivity contribution in [3.05, 3.63) is 60.3 Å². The number of sulfone groups is 1. The molecule has 0 spiro atoms. The smallest absolute Gasteiger partial charge is 0.495 e. The van der Waals surface area contributed by atoms with Crippen LogP contribution in [0, 0.1) is 0 Å². The van der Waals surface area contributed by atoms with E-state index in [0.717, 1.165) is 12.1 Å². The molecule has 29 heavy (non-hydrogen) atoms. The minimum absolute atomic E-state index is 0.0359. The van der Waals surface area contributed by atoms with Crippen molar-refractivity contribution in [1.82, 2.24) is 5.16 Å². The number of anilines is 1. The van der Waals surface area contributed by atoms with E-state index in [2.05, 4.69) is 10.5 Å². The van der Waals surface area contributed by atoms with E-state index in [4.69, 9.17) is 9.26 Å². The number of alkyl halides is 3. The van der Waals surface area contributed by atoms with Crippen LogP contribution < -0.4 is 10.1 Å². The van der Waals surface area contributed by atoms with Crippen molar-refractivity contribution in [2.75, 3.05) is 12.4 Å². The fraction of sp³-hybridized carbons (Fsp3) is 0.111. The fourth-order valence-electron chi connectivity index (χ4n) is 2.39. The number of aromatic nitrogens is 1. The SMILES string of the molecule is COc1ccc(S(=O)(=O)C(F)(F)F)cc1NC(=O)c1cc(-c2ccccc2)on1. The zero-order valence-electron chi connectivity index (χ0n) is 14.7. The molecule has 0 unspecified atom stereocenters. The van der Waals surface area contributed by atoms with Gasteiger partial charge in [0.15, 0.2) is 11.5 Å². The Labute approximate surface area is 163 Å². The van der Waals surface area contributed by atoms with Gasteiger partial charge in [-0.3, -0.25) is 4.79 Å². The molecule has 0 radical (unpaired) electrons. The predicted octanol–water partition coefficient (Wildman–Crippen LogP) is 3.90. The van der Waals surface area contributed by atoms with E-state index in [1.54, 1.807) is 30.3 Å². The van der Waals surface area contributed by atoms with Crippen LogP contribution in [0.1, 0.15) is 10.5 Å². The lowest BCUT2D eigenvalue weighted by Gasteiger charge is -2.13. The monoisotopic (exact) mass is 426 g/mol. The number of rotatable bonds is 5. The van der Waals surface area contributed by atoms with Crippen molar-refractivity contribution < 1.29 is 35.6 Å². The summed E-state index contributed by atoms with van der Waals surface area (Å²) in [4.78, 5) is 11.4. The summed E-state index contributed by atoms with van der Waals surface area (Å²) in [5, 5.41) is 5.92. The summed E-state index contributed by atoms with van der Waals surface area (Å²) in [6, 6.07) is 12.5. The third-order valence-corrected chi connectivity index (χ3v) is 5.32. The van der Waals surface area contributed by atoms with E-state index < -0.39 is 26.1 Å². The van der Waals surface area contributed by atoms with Crippen LogP contribution >= 0.6 is 0 Å².